The molecule has 0 radical (unpaired) electrons. The van der Waals surface area contributed by atoms with E-state index in [1.54, 1.807) is 24.3 Å². The van der Waals surface area contributed by atoms with Crippen LogP contribution in [0.3, 0.4) is 0 Å². The standard InChI is InChI=1S/C83H121N17O11/c101-70-2-5-76-79(55-70)111-80-56-71(102)3-6-77(80)81(76)75-4-1-69(54-78(75)83(104)105)82(103)96-31-40-106-41-42-107-43-44-108-72-52-67(61-109-73-48-63(57-97-32-23-88-15-7-84-8-16-89-24-33-97)45-64(49-73)58-98-34-25-90-17-9-85-10-18-91-26-35-98)47-68(53-72)62-110-74-50-65(59-99-36-27-92-19-11-86-12-20-93-28-37-99)46-66(51-74)60-100-38-29-94-21-13-87-14-22-95-30-39-100/h1-6,45-56,84-95,101H,7-44,57-62H2,(H,96,103)(H,104,105). The fraction of sp³-hybridized carbons (Fsp3) is 0.530. The van der Waals surface area contributed by atoms with Crippen LogP contribution in [0, 0.1) is 0 Å². The van der Waals surface area contributed by atoms with Gasteiger partial charge in [-0.3, -0.25) is 29.2 Å². The SMILES string of the molecule is O=C(NCCOCCOCCOc1cc(COc2cc(CN3CCNCCNCCNCC3)cc(CN3CCNCCNCCNCC3)c2)cc(COc2cc(CN3CCNCCNCCNCC3)cc(CN3CCNCCNCCNCC3)c2)c1)c1ccc(-c2c3ccc(=O)cc-3oc3cc(O)ccc23)c(C(=O)O)c1. The predicted molar refractivity (Wildman–Crippen MR) is 436 cm³/mol. The summed E-state index contributed by atoms with van der Waals surface area (Å²) in [6.07, 6.45) is 0. The first-order valence-electron chi connectivity index (χ1n) is 40.3. The van der Waals surface area contributed by atoms with Crippen LogP contribution in [-0.4, -0.2) is 291 Å². The minimum absolute atomic E-state index is 0.0572. The second kappa shape index (κ2) is 47.7. The number of phenolic OH excluding ortho intramolecular Hbond substituents is 1. The van der Waals surface area contributed by atoms with Gasteiger partial charge in [-0.1, -0.05) is 18.2 Å². The van der Waals surface area contributed by atoms with Crippen LogP contribution in [-0.2, 0) is 48.9 Å². The number of carboxylic acid groups (broad SMARTS) is 1. The molecule has 111 heavy (non-hydrogen) atoms. The maximum Gasteiger partial charge on any atom is 0.336 e. The molecule has 0 aromatic heterocycles. The van der Waals surface area contributed by atoms with E-state index in [0.717, 1.165) is 258 Å². The van der Waals surface area contributed by atoms with E-state index in [-0.39, 0.29) is 73.2 Å². The topological polar surface area (TPSA) is 320 Å². The second-order valence-corrected chi connectivity index (χ2v) is 28.8. The Morgan fingerprint density at radius 3 is 1.18 bits per heavy atom. The summed E-state index contributed by atoms with van der Waals surface area (Å²) in [5.74, 6) is 0.750. The van der Waals surface area contributed by atoms with Crippen LogP contribution in [0.1, 0.15) is 54.1 Å². The molecular weight excluding hydrogens is 1410 g/mol. The lowest BCUT2D eigenvalue weighted by atomic mass is 9.90. The van der Waals surface area contributed by atoms with Gasteiger partial charge in [0.2, 0.25) is 0 Å². The van der Waals surface area contributed by atoms with Crippen LogP contribution >= 0.6 is 0 Å². The average Bonchev–Trinajstić information content (AvgIpc) is 0.749. The van der Waals surface area contributed by atoms with Crippen molar-refractivity contribution in [2.75, 3.05) is 249 Å². The highest BCUT2D eigenvalue weighted by atomic mass is 16.5. The summed E-state index contributed by atoms with van der Waals surface area (Å²) in [5, 5.41) is 67.4. The molecule has 28 nitrogen and oxygen atoms in total. The number of aromatic carboxylic acids is 1. The van der Waals surface area contributed by atoms with Crippen LogP contribution in [0.25, 0.3) is 33.4 Å². The van der Waals surface area contributed by atoms with Crippen LogP contribution in [0.5, 0.6) is 23.0 Å². The summed E-state index contributed by atoms with van der Waals surface area (Å²) in [6, 6.07) is 33.2. The number of nitrogens with one attached hydrogen (secondary N) is 13. The molecular formula is C83H121N17O11. The minimum atomic E-state index is -1.25. The molecule has 15 N–H and O–H groups in total. The van der Waals surface area contributed by atoms with Crippen molar-refractivity contribution in [3.8, 4) is 45.4 Å². The van der Waals surface area contributed by atoms with Crippen LogP contribution in [0.4, 0.5) is 0 Å². The van der Waals surface area contributed by atoms with Crippen molar-refractivity contribution < 1.29 is 47.9 Å². The van der Waals surface area contributed by atoms with E-state index in [9.17, 15) is 24.6 Å². The molecule has 5 heterocycles. The highest BCUT2D eigenvalue weighted by Gasteiger charge is 2.25. The number of benzene rings is 6. The zero-order valence-corrected chi connectivity index (χ0v) is 64.9. The number of hydrogen-bond donors (Lipinski definition) is 15. The molecule has 604 valence electrons. The molecule has 0 unspecified atom stereocenters. The molecule has 1 aliphatic carbocycles. The molecule has 4 fully saturated rings. The largest absolute Gasteiger partial charge is 0.508 e. The first-order valence-corrected chi connectivity index (χ1v) is 40.3. The van der Waals surface area contributed by atoms with Crippen molar-refractivity contribution in [1.82, 2.24) is 88.7 Å². The van der Waals surface area contributed by atoms with Crippen LogP contribution in [0.2, 0.25) is 0 Å². The fourth-order valence-corrected chi connectivity index (χ4v) is 14.3. The van der Waals surface area contributed by atoms with Gasteiger partial charge in [-0.15, -0.1) is 0 Å². The molecule has 0 spiro atoms. The molecule has 0 bridgehead atoms. The van der Waals surface area contributed by atoms with E-state index in [4.69, 9.17) is 28.1 Å². The van der Waals surface area contributed by atoms with Gasteiger partial charge in [-0.2, -0.15) is 0 Å². The van der Waals surface area contributed by atoms with Crippen LogP contribution in [0.15, 0.2) is 118 Å². The summed E-state index contributed by atoms with van der Waals surface area (Å²) >= 11 is 0. The summed E-state index contributed by atoms with van der Waals surface area (Å²) in [6.45, 7) is 34.8. The Bertz CT molecular complexity index is 3690. The third-order valence-electron chi connectivity index (χ3n) is 20.0. The minimum Gasteiger partial charge on any atom is -0.508 e. The molecule has 28 heteroatoms. The Hall–Kier alpha value is -7.79. The van der Waals surface area contributed by atoms with Gasteiger partial charge < -0.3 is 107 Å². The van der Waals surface area contributed by atoms with Gasteiger partial charge in [0.05, 0.1) is 32.0 Å². The molecule has 5 aliphatic heterocycles. The van der Waals surface area contributed by atoms with E-state index in [1.807, 2.05) is 0 Å². The highest BCUT2D eigenvalue weighted by molar-refractivity contribution is 6.09. The Balaban J connectivity index is 0.774. The second-order valence-electron chi connectivity index (χ2n) is 28.8. The zero-order valence-electron chi connectivity index (χ0n) is 64.9. The molecule has 1 amide bonds. The summed E-state index contributed by atoms with van der Waals surface area (Å²) in [5.41, 5.74) is 8.04. The van der Waals surface area contributed by atoms with Gasteiger partial charge in [0.25, 0.3) is 5.91 Å². The quantitative estimate of drug-likeness (QED) is 0.0260. The Kier molecular flexibility index (Phi) is 36.1. The molecule has 0 atom stereocenters. The third kappa shape index (κ3) is 29.6. The Labute approximate surface area is 654 Å². The highest BCUT2D eigenvalue weighted by Crippen LogP contribution is 2.42. The normalized spacial score (nSPS) is 18.1. The smallest absolute Gasteiger partial charge is 0.336 e. The van der Waals surface area contributed by atoms with E-state index in [0.29, 0.717) is 41.0 Å². The summed E-state index contributed by atoms with van der Waals surface area (Å²) in [7, 11) is 0. The maximum absolute atomic E-state index is 13.5. The number of ether oxygens (including phenoxy) is 5. The number of aromatic hydroxyl groups is 1. The summed E-state index contributed by atoms with van der Waals surface area (Å²) in [4.78, 5) is 48.9. The van der Waals surface area contributed by atoms with Crippen molar-refractivity contribution >= 4 is 22.8 Å². The zero-order chi connectivity index (χ0) is 76.7. The number of nitrogens with zero attached hydrogens (tertiary/aromatic N) is 4. The van der Waals surface area contributed by atoms with Crippen molar-refractivity contribution in [1.29, 1.82) is 0 Å². The number of amides is 1. The van der Waals surface area contributed by atoms with Crippen LogP contribution < -0.4 is 88.8 Å². The van der Waals surface area contributed by atoms with Gasteiger partial charge in [-0.25, -0.2) is 4.79 Å². The number of carbonyl (C=O) groups excluding carboxylic acids is 1. The van der Waals surface area contributed by atoms with Gasteiger partial charge in [0, 0.05) is 276 Å². The number of fused-ring (bicyclic) bond motifs is 2. The van der Waals surface area contributed by atoms with Gasteiger partial charge in [0.1, 0.15) is 54.2 Å². The number of rotatable bonds is 27. The van der Waals surface area contributed by atoms with Crippen molar-refractivity contribution in [2.24, 2.45) is 0 Å². The van der Waals surface area contributed by atoms with Crippen molar-refractivity contribution in [3.05, 3.63) is 164 Å². The monoisotopic (exact) mass is 1530 g/mol. The molecule has 4 saturated heterocycles. The Morgan fingerprint density at radius 2 is 0.757 bits per heavy atom. The lowest BCUT2D eigenvalue weighted by Crippen LogP contribution is -2.41. The molecule has 6 aliphatic rings. The third-order valence-corrected chi connectivity index (χ3v) is 20.0. The first kappa shape index (κ1) is 84.1. The van der Waals surface area contributed by atoms with E-state index in [2.05, 4.69) is 143 Å². The summed E-state index contributed by atoms with van der Waals surface area (Å²) < 4.78 is 38.4. The van der Waals surface area contributed by atoms with Gasteiger partial charge >= 0.3 is 5.97 Å². The number of hydrogen-bond acceptors (Lipinski definition) is 26. The average molecular weight is 1530 g/mol. The number of phenols is 1. The van der Waals surface area contributed by atoms with E-state index >= 15 is 0 Å². The van der Waals surface area contributed by atoms with Crippen molar-refractivity contribution in [2.45, 2.75) is 39.4 Å². The lowest BCUT2D eigenvalue weighted by molar-refractivity contribution is 0.0370. The van der Waals surface area contributed by atoms with E-state index < -0.39 is 11.9 Å². The maximum atomic E-state index is 13.5. The number of carbonyl (C=O) groups is 2. The first-order chi connectivity index (χ1) is 54.6. The lowest BCUT2D eigenvalue weighted by Gasteiger charge is -2.26. The number of carboxylic acids is 1. The molecule has 11 rings (SSSR count). The van der Waals surface area contributed by atoms with Gasteiger partial charge in [0.15, 0.2) is 5.43 Å². The van der Waals surface area contributed by atoms with Gasteiger partial charge in [-0.05, 0) is 118 Å². The molecule has 0 saturated carbocycles. The molecule has 5 aromatic carbocycles. The van der Waals surface area contributed by atoms with Crippen molar-refractivity contribution in [3.63, 3.8) is 0 Å². The molecule has 5 aromatic rings. The Morgan fingerprint density at radius 1 is 0.387 bits per heavy atom. The predicted octanol–water partition coefficient (Wildman–Crippen LogP) is 2.31. The fourth-order valence-electron chi connectivity index (χ4n) is 14.3. The van der Waals surface area contributed by atoms with E-state index in [1.165, 1.54) is 52.6 Å².